The zero-order chi connectivity index (χ0) is 15.3. The Morgan fingerprint density at radius 3 is 2.68 bits per heavy atom. The van der Waals surface area contributed by atoms with Crippen LogP contribution in [0.15, 0.2) is 54.6 Å². The van der Waals surface area contributed by atoms with Gasteiger partial charge in [0.15, 0.2) is 0 Å². The molecule has 1 aromatic rings. The molecule has 0 amide bonds. The van der Waals surface area contributed by atoms with Gasteiger partial charge in [0.05, 0.1) is 0 Å². The number of allylic oxidation sites excluding steroid dienone is 2. The summed E-state index contributed by atoms with van der Waals surface area (Å²) < 4.78 is 0. The SMILES string of the molecule is C=C1C2CCCC2C2(C)CCC(=C)C2C1Cc1ccccc1. The van der Waals surface area contributed by atoms with Crippen molar-refractivity contribution >= 4 is 0 Å². The molecule has 116 valence electrons. The van der Waals surface area contributed by atoms with Crippen LogP contribution in [0.2, 0.25) is 0 Å². The molecule has 3 aliphatic rings. The minimum atomic E-state index is 0.485. The van der Waals surface area contributed by atoms with Gasteiger partial charge in [-0.05, 0) is 66.8 Å². The summed E-state index contributed by atoms with van der Waals surface area (Å²) in [6.45, 7) is 11.7. The van der Waals surface area contributed by atoms with E-state index in [-0.39, 0.29) is 0 Å². The zero-order valence-electron chi connectivity index (χ0n) is 13.9. The van der Waals surface area contributed by atoms with E-state index in [1.165, 1.54) is 43.2 Å². The van der Waals surface area contributed by atoms with Gasteiger partial charge < -0.3 is 0 Å². The van der Waals surface area contributed by atoms with Crippen LogP contribution in [0, 0.1) is 29.1 Å². The van der Waals surface area contributed by atoms with Crippen molar-refractivity contribution in [3.8, 4) is 0 Å². The Hall–Kier alpha value is -1.30. The molecular weight excluding hydrogens is 264 g/mol. The first-order valence-electron chi connectivity index (χ1n) is 9.01. The molecule has 4 rings (SSSR count). The van der Waals surface area contributed by atoms with Crippen LogP contribution < -0.4 is 0 Å². The van der Waals surface area contributed by atoms with Gasteiger partial charge >= 0.3 is 0 Å². The number of hydrogen-bond acceptors (Lipinski definition) is 0. The predicted molar refractivity (Wildman–Crippen MR) is 93.6 cm³/mol. The number of benzene rings is 1. The number of fused-ring (bicyclic) bond motifs is 3. The first-order chi connectivity index (χ1) is 10.6. The number of hydrogen-bond donors (Lipinski definition) is 0. The van der Waals surface area contributed by atoms with E-state index in [1.807, 2.05) is 0 Å². The van der Waals surface area contributed by atoms with Gasteiger partial charge in [-0.2, -0.15) is 0 Å². The average Bonchev–Trinajstić information content (AvgIpc) is 3.12. The number of rotatable bonds is 2. The van der Waals surface area contributed by atoms with E-state index >= 15 is 0 Å². The first kappa shape index (κ1) is 14.3. The lowest BCUT2D eigenvalue weighted by atomic mass is 9.53. The fourth-order valence-electron chi connectivity index (χ4n) is 6.17. The van der Waals surface area contributed by atoms with Crippen LogP contribution in [-0.4, -0.2) is 0 Å². The average molecular weight is 292 g/mol. The monoisotopic (exact) mass is 292 g/mol. The molecule has 3 saturated carbocycles. The third kappa shape index (κ3) is 1.96. The standard InChI is InChI=1S/C22H28/c1-15-12-13-22(3)20-11-7-10-18(20)16(2)19(21(15)22)14-17-8-5-4-6-9-17/h4-6,8-9,18-21H,1-2,7,10-14H2,3H3. The minimum absolute atomic E-state index is 0.485. The molecule has 0 heteroatoms. The van der Waals surface area contributed by atoms with Gasteiger partial charge in [-0.15, -0.1) is 0 Å². The lowest BCUT2D eigenvalue weighted by Crippen LogP contribution is -2.45. The summed E-state index contributed by atoms with van der Waals surface area (Å²) in [5, 5.41) is 0. The van der Waals surface area contributed by atoms with Gasteiger partial charge in [0.1, 0.15) is 0 Å². The summed E-state index contributed by atoms with van der Waals surface area (Å²) in [7, 11) is 0. The summed E-state index contributed by atoms with van der Waals surface area (Å²) in [6, 6.07) is 11.0. The highest BCUT2D eigenvalue weighted by atomic mass is 14.6. The van der Waals surface area contributed by atoms with Crippen molar-refractivity contribution in [3.05, 3.63) is 60.2 Å². The molecule has 22 heavy (non-hydrogen) atoms. The molecule has 0 heterocycles. The molecule has 3 aliphatic carbocycles. The van der Waals surface area contributed by atoms with E-state index in [9.17, 15) is 0 Å². The van der Waals surface area contributed by atoms with Crippen molar-refractivity contribution in [1.82, 2.24) is 0 Å². The van der Waals surface area contributed by atoms with Crippen LogP contribution in [0.3, 0.4) is 0 Å². The van der Waals surface area contributed by atoms with Crippen LogP contribution >= 0.6 is 0 Å². The van der Waals surface area contributed by atoms with Gasteiger partial charge in [0.25, 0.3) is 0 Å². The van der Waals surface area contributed by atoms with Gasteiger partial charge in [0, 0.05) is 0 Å². The molecule has 5 unspecified atom stereocenters. The fraction of sp³-hybridized carbons (Fsp3) is 0.545. The van der Waals surface area contributed by atoms with Gasteiger partial charge in [-0.25, -0.2) is 0 Å². The van der Waals surface area contributed by atoms with Crippen molar-refractivity contribution in [2.24, 2.45) is 29.1 Å². The Labute approximate surface area is 135 Å². The zero-order valence-corrected chi connectivity index (χ0v) is 13.9. The third-order valence-electron chi connectivity index (χ3n) is 7.15. The maximum absolute atomic E-state index is 4.62. The predicted octanol–water partition coefficient (Wildman–Crippen LogP) is 5.80. The minimum Gasteiger partial charge on any atom is -0.0995 e. The summed E-state index contributed by atoms with van der Waals surface area (Å²) >= 11 is 0. The van der Waals surface area contributed by atoms with E-state index in [4.69, 9.17) is 0 Å². The molecule has 0 bridgehead atoms. The molecular formula is C22H28. The van der Waals surface area contributed by atoms with E-state index in [2.05, 4.69) is 50.4 Å². The third-order valence-corrected chi connectivity index (χ3v) is 7.15. The second kappa shape index (κ2) is 5.11. The lowest BCUT2D eigenvalue weighted by Gasteiger charge is -2.51. The first-order valence-corrected chi connectivity index (χ1v) is 9.01. The Bertz CT molecular complexity index is 596. The molecule has 0 saturated heterocycles. The molecule has 0 aliphatic heterocycles. The maximum Gasteiger partial charge on any atom is -0.00801 e. The van der Waals surface area contributed by atoms with E-state index in [1.54, 1.807) is 5.57 Å². The lowest BCUT2D eigenvalue weighted by molar-refractivity contribution is 0.0463. The van der Waals surface area contributed by atoms with Crippen LogP contribution in [0.4, 0.5) is 0 Å². The van der Waals surface area contributed by atoms with Crippen molar-refractivity contribution in [2.45, 2.75) is 45.4 Å². The highest BCUT2D eigenvalue weighted by molar-refractivity contribution is 5.31. The molecule has 0 aromatic heterocycles. The second-order valence-electron chi connectivity index (χ2n) is 8.16. The summed E-state index contributed by atoms with van der Waals surface area (Å²) in [6.07, 6.45) is 7.95. The van der Waals surface area contributed by atoms with Gasteiger partial charge in [-0.1, -0.05) is 68.0 Å². The Balaban J connectivity index is 1.72. The largest absolute Gasteiger partial charge is 0.0995 e. The highest BCUT2D eigenvalue weighted by Crippen LogP contribution is 2.65. The topological polar surface area (TPSA) is 0 Å². The molecule has 1 aromatic carbocycles. The van der Waals surface area contributed by atoms with Crippen LogP contribution in [0.5, 0.6) is 0 Å². The smallest absolute Gasteiger partial charge is 0.00801 e. The van der Waals surface area contributed by atoms with Crippen LogP contribution in [-0.2, 0) is 6.42 Å². The molecule has 0 radical (unpaired) electrons. The van der Waals surface area contributed by atoms with Gasteiger partial charge in [0.2, 0.25) is 0 Å². The molecule has 0 spiro atoms. The Kier molecular flexibility index (Phi) is 3.33. The van der Waals surface area contributed by atoms with Crippen molar-refractivity contribution in [3.63, 3.8) is 0 Å². The highest BCUT2D eigenvalue weighted by Gasteiger charge is 2.57. The van der Waals surface area contributed by atoms with E-state index < -0.39 is 0 Å². The fourth-order valence-corrected chi connectivity index (χ4v) is 6.17. The van der Waals surface area contributed by atoms with E-state index in [0.717, 1.165) is 18.3 Å². The quantitative estimate of drug-likeness (QED) is 0.604. The second-order valence-corrected chi connectivity index (χ2v) is 8.16. The van der Waals surface area contributed by atoms with Crippen molar-refractivity contribution in [1.29, 1.82) is 0 Å². The maximum atomic E-state index is 4.62. The summed E-state index contributed by atoms with van der Waals surface area (Å²) in [4.78, 5) is 0. The molecule has 0 N–H and O–H groups in total. The normalized spacial score (nSPS) is 40.6. The molecule has 0 nitrogen and oxygen atoms in total. The van der Waals surface area contributed by atoms with Crippen molar-refractivity contribution < 1.29 is 0 Å². The van der Waals surface area contributed by atoms with Crippen molar-refractivity contribution in [2.75, 3.05) is 0 Å². The summed E-state index contributed by atoms with van der Waals surface area (Å²) in [5.41, 5.74) is 5.01. The van der Waals surface area contributed by atoms with Crippen LogP contribution in [0.1, 0.15) is 44.6 Å². The van der Waals surface area contributed by atoms with E-state index in [0.29, 0.717) is 17.3 Å². The Morgan fingerprint density at radius 2 is 1.91 bits per heavy atom. The molecule has 3 fully saturated rings. The summed E-state index contributed by atoms with van der Waals surface area (Å²) in [5.74, 6) is 2.93. The van der Waals surface area contributed by atoms with Crippen LogP contribution in [0.25, 0.3) is 0 Å². The van der Waals surface area contributed by atoms with Gasteiger partial charge in [-0.3, -0.25) is 0 Å². The Morgan fingerprint density at radius 1 is 1.14 bits per heavy atom. The molecule has 5 atom stereocenters.